The molecule has 0 atom stereocenters. The maximum absolute atomic E-state index is 12.2. The van der Waals surface area contributed by atoms with Crippen LogP contribution in [0.5, 0.6) is 11.5 Å². The number of benzene rings is 2. The number of carbonyl (C=O) groups excluding carboxylic acids is 1. The Labute approximate surface area is 192 Å². The van der Waals surface area contributed by atoms with Crippen LogP contribution in [-0.4, -0.2) is 26.8 Å². The first-order chi connectivity index (χ1) is 15.2. The van der Waals surface area contributed by atoms with E-state index in [9.17, 15) is 4.79 Å². The first-order valence-corrected chi connectivity index (χ1v) is 11.2. The molecular formula is C27H37NO4. The Morgan fingerprint density at radius 1 is 0.875 bits per heavy atom. The fraction of sp³-hybridized carbons (Fsp3) is 0.444. The topological polar surface area (TPSA) is 56.8 Å². The van der Waals surface area contributed by atoms with Crippen LogP contribution in [0.25, 0.3) is 0 Å². The zero-order valence-electron chi connectivity index (χ0n) is 20.7. The maximum Gasteiger partial charge on any atom is 0.332 e. The average molecular weight is 440 g/mol. The molecule has 0 fully saturated rings. The first kappa shape index (κ1) is 25.3. The van der Waals surface area contributed by atoms with Crippen molar-refractivity contribution in [1.29, 1.82) is 0 Å². The minimum Gasteiger partial charge on any atom is -0.496 e. The van der Waals surface area contributed by atoms with Crippen molar-refractivity contribution in [3.05, 3.63) is 69.4 Å². The Morgan fingerprint density at radius 2 is 1.31 bits per heavy atom. The van der Waals surface area contributed by atoms with E-state index in [0.29, 0.717) is 6.61 Å². The van der Waals surface area contributed by atoms with E-state index in [-0.39, 0.29) is 12.0 Å². The molecule has 0 unspecified atom stereocenters. The van der Waals surface area contributed by atoms with Gasteiger partial charge in [-0.3, -0.25) is 0 Å². The van der Waals surface area contributed by atoms with E-state index in [0.717, 1.165) is 63.4 Å². The van der Waals surface area contributed by atoms with Gasteiger partial charge in [-0.25, -0.2) is 4.79 Å². The third-order valence-electron chi connectivity index (χ3n) is 5.47. The van der Waals surface area contributed by atoms with Crippen LogP contribution in [0, 0.1) is 27.7 Å². The largest absolute Gasteiger partial charge is 0.496 e. The van der Waals surface area contributed by atoms with Crippen molar-refractivity contribution in [2.75, 3.05) is 20.8 Å². The number of aryl methyl sites for hydroxylation is 4. The van der Waals surface area contributed by atoms with E-state index in [1.807, 2.05) is 6.92 Å². The minimum atomic E-state index is -0.327. The third-order valence-corrected chi connectivity index (χ3v) is 5.47. The monoisotopic (exact) mass is 439 g/mol. The summed E-state index contributed by atoms with van der Waals surface area (Å²) in [6, 6.07) is 8.44. The van der Waals surface area contributed by atoms with Gasteiger partial charge in [0.2, 0.25) is 0 Å². The van der Waals surface area contributed by atoms with Gasteiger partial charge in [-0.1, -0.05) is 13.3 Å². The van der Waals surface area contributed by atoms with Crippen LogP contribution in [-0.2, 0) is 9.53 Å². The van der Waals surface area contributed by atoms with Crippen molar-refractivity contribution < 1.29 is 19.0 Å². The molecule has 5 nitrogen and oxygen atoms in total. The van der Waals surface area contributed by atoms with Crippen molar-refractivity contribution in [2.45, 2.75) is 60.4 Å². The molecule has 174 valence electrons. The van der Waals surface area contributed by atoms with E-state index in [1.165, 1.54) is 0 Å². The molecule has 5 heteroatoms. The van der Waals surface area contributed by atoms with Gasteiger partial charge in [0, 0.05) is 11.8 Å². The summed E-state index contributed by atoms with van der Waals surface area (Å²) in [5, 5.41) is 3.64. The van der Waals surface area contributed by atoms with Crippen LogP contribution >= 0.6 is 0 Å². The second-order valence-electron chi connectivity index (χ2n) is 8.12. The first-order valence-electron chi connectivity index (χ1n) is 11.2. The Balaban J connectivity index is 2.63. The van der Waals surface area contributed by atoms with Crippen LogP contribution in [0.4, 0.5) is 0 Å². The highest BCUT2D eigenvalue weighted by Crippen LogP contribution is 2.34. The molecule has 2 aromatic rings. The molecule has 0 spiro atoms. The summed E-state index contributed by atoms with van der Waals surface area (Å²) >= 11 is 0. The van der Waals surface area contributed by atoms with Crippen molar-refractivity contribution >= 4 is 5.97 Å². The van der Waals surface area contributed by atoms with E-state index < -0.39 is 0 Å². The molecule has 0 saturated heterocycles. The number of rotatable bonds is 10. The van der Waals surface area contributed by atoms with Crippen molar-refractivity contribution in [2.24, 2.45) is 0 Å². The zero-order chi connectivity index (χ0) is 23.8. The molecular weight excluding hydrogens is 402 g/mol. The number of hydrogen-bond donors (Lipinski definition) is 1. The summed E-state index contributed by atoms with van der Waals surface area (Å²) in [4.78, 5) is 12.2. The summed E-state index contributed by atoms with van der Waals surface area (Å²) in [7, 11) is 3.39. The Morgan fingerprint density at radius 3 is 1.66 bits per heavy atom. The number of nitrogens with one attached hydrogen (secondary N) is 1. The average Bonchev–Trinajstić information content (AvgIpc) is 2.71. The Hall–Kier alpha value is -2.95. The summed E-state index contributed by atoms with van der Waals surface area (Å²) in [6.07, 6.45) is 3.23. The molecule has 1 N–H and O–H groups in total. The van der Waals surface area contributed by atoms with Gasteiger partial charge in [0.05, 0.1) is 26.9 Å². The molecule has 32 heavy (non-hydrogen) atoms. The predicted molar refractivity (Wildman–Crippen MR) is 130 cm³/mol. The quantitative estimate of drug-likeness (QED) is 0.371. The van der Waals surface area contributed by atoms with Gasteiger partial charge in [0.25, 0.3) is 0 Å². The minimum absolute atomic E-state index is 0.145. The molecule has 2 aromatic carbocycles. The molecule has 0 amide bonds. The lowest BCUT2D eigenvalue weighted by atomic mass is 9.92. The van der Waals surface area contributed by atoms with E-state index >= 15 is 0 Å². The Kier molecular flexibility index (Phi) is 9.18. The highest BCUT2D eigenvalue weighted by Gasteiger charge is 2.20. The molecule has 0 saturated carbocycles. The van der Waals surface area contributed by atoms with E-state index in [2.05, 4.69) is 64.2 Å². The predicted octanol–water partition coefficient (Wildman–Crippen LogP) is 5.86. The highest BCUT2D eigenvalue weighted by molar-refractivity contribution is 5.82. The van der Waals surface area contributed by atoms with Crippen molar-refractivity contribution in [1.82, 2.24) is 5.32 Å². The van der Waals surface area contributed by atoms with Crippen molar-refractivity contribution in [3.8, 4) is 11.5 Å². The number of ether oxygens (including phenoxy) is 3. The Bertz CT molecular complexity index is 872. The van der Waals surface area contributed by atoms with Crippen LogP contribution < -0.4 is 14.8 Å². The second kappa shape index (κ2) is 11.6. The highest BCUT2D eigenvalue weighted by atomic mass is 16.5. The van der Waals surface area contributed by atoms with Crippen LogP contribution in [0.1, 0.15) is 66.1 Å². The fourth-order valence-electron chi connectivity index (χ4n) is 4.27. The third kappa shape index (κ3) is 6.06. The number of methoxy groups -OCH3 is 2. The van der Waals surface area contributed by atoms with Gasteiger partial charge in [-0.05, 0) is 98.7 Å². The van der Waals surface area contributed by atoms with Gasteiger partial charge in [-0.2, -0.15) is 0 Å². The van der Waals surface area contributed by atoms with E-state index in [1.54, 1.807) is 20.3 Å². The lowest BCUT2D eigenvalue weighted by Crippen LogP contribution is -2.24. The summed E-state index contributed by atoms with van der Waals surface area (Å²) in [5.74, 6) is 1.46. The van der Waals surface area contributed by atoms with Crippen LogP contribution in [0.2, 0.25) is 0 Å². The zero-order valence-corrected chi connectivity index (χ0v) is 20.7. The summed E-state index contributed by atoms with van der Waals surface area (Å²) in [5.41, 5.74) is 7.36. The van der Waals surface area contributed by atoms with Gasteiger partial charge >= 0.3 is 5.97 Å². The number of allylic oxidation sites excluding steroid dienone is 1. The molecule has 0 aliphatic rings. The molecule has 0 radical (unpaired) electrons. The lowest BCUT2D eigenvalue weighted by molar-refractivity contribution is -0.137. The molecule has 0 aliphatic carbocycles. The molecule has 0 aliphatic heterocycles. The van der Waals surface area contributed by atoms with Gasteiger partial charge < -0.3 is 19.5 Å². The van der Waals surface area contributed by atoms with Gasteiger partial charge in [-0.15, -0.1) is 0 Å². The van der Waals surface area contributed by atoms with Crippen molar-refractivity contribution in [3.63, 3.8) is 0 Å². The molecule has 2 rings (SSSR count). The smallest absolute Gasteiger partial charge is 0.332 e. The molecule has 0 heterocycles. The maximum atomic E-state index is 12.2. The second-order valence-corrected chi connectivity index (χ2v) is 8.12. The van der Waals surface area contributed by atoms with Crippen LogP contribution in [0.3, 0.4) is 0 Å². The van der Waals surface area contributed by atoms with Gasteiger partial charge in [0.1, 0.15) is 11.5 Å². The standard InChI is InChI=1S/C27H37NO4/c1-9-11-23(16-24(29)32-10-2)28-25(21-12-17(3)26(30-7)18(4)13-21)22-14-19(5)27(31-8)20(6)15-22/h12-16,25,28H,9-11H2,1-8H3/b23-16+. The van der Waals surface area contributed by atoms with Gasteiger partial charge in [0.15, 0.2) is 0 Å². The fourth-order valence-corrected chi connectivity index (χ4v) is 4.27. The van der Waals surface area contributed by atoms with E-state index in [4.69, 9.17) is 14.2 Å². The number of carbonyl (C=O) groups is 1. The SMILES string of the molecule is CCC/C(=C\C(=O)OCC)NC(c1cc(C)c(OC)c(C)c1)c1cc(C)c(OC)c(C)c1. The van der Waals surface area contributed by atoms with Crippen LogP contribution in [0.15, 0.2) is 36.0 Å². The molecule has 0 bridgehead atoms. The normalized spacial score (nSPS) is 11.5. The lowest BCUT2D eigenvalue weighted by Gasteiger charge is -2.26. The number of esters is 1. The summed E-state index contributed by atoms with van der Waals surface area (Å²) < 4.78 is 16.3. The number of hydrogen-bond acceptors (Lipinski definition) is 5. The summed E-state index contributed by atoms with van der Waals surface area (Å²) in [6.45, 7) is 12.5. The molecule has 0 aromatic heterocycles.